The molecule has 0 N–H and O–H groups in total. The topological polar surface area (TPSA) is 43.4 Å². The van der Waals surface area contributed by atoms with E-state index in [9.17, 15) is 9.59 Å². The summed E-state index contributed by atoms with van der Waals surface area (Å²) in [5, 5.41) is 0. The Morgan fingerprint density at radius 2 is 1.89 bits per heavy atom. The SMILES string of the molecule is COc1ccc2c(c1)C(=O)C1(CCC(=O)CC1)C2. The highest BCUT2D eigenvalue weighted by Gasteiger charge is 2.47. The third-order valence-electron chi connectivity index (χ3n) is 4.34. The van der Waals surface area contributed by atoms with Gasteiger partial charge in [0.1, 0.15) is 11.5 Å². The second-order valence-electron chi connectivity index (χ2n) is 5.35. The second-order valence-corrected chi connectivity index (χ2v) is 5.35. The van der Waals surface area contributed by atoms with Gasteiger partial charge in [-0.3, -0.25) is 9.59 Å². The molecule has 0 aromatic heterocycles. The third-order valence-corrected chi connectivity index (χ3v) is 4.34. The van der Waals surface area contributed by atoms with Crippen molar-refractivity contribution in [3.8, 4) is 5.75 Å². The molecule has 94 valence electrons. The van der Waals surface area contributed by atoms with Crippen molar-refractivity contribution in [1.82, 2.24) is 0 Å². The van der Waals surface area contributed by atoms with Crippen LogP contribution in [0, 0.1) is 5.41 Å². The van der Waals surface area contributed by atoms with E-state index in [-0.39, 0.29) is 11.2 Å². The summed E-state index contributed by atoms with van der Waals surface area (Å²) in [6, 6.07) is 5.72. The van der Waals surface area contributed by atoms with Crippen LogP contribution in [0.4, 0.5) is 0 Å². The van der Waals surface area contributed by atoms with Crippen molar-refractivity contribution in [3.05, 3.63) is 29.3 Å². The number of Topliss-reactive ketones (excluding diaryl/α,β-unsaturated/α-hetero) is 2. The molecule has 0 aliphatic heterocycles. The zero-order valence-corrected chi connectivity index (χ0v) is 10.5. The Morgan fingerprint density at radius 3 is 2.56 bits per heavy atom. The molecule has 2 aliphatic rings. The van der Waals surface area contributed by atoms with Gasteiger partial charge in [-0.15, -0.1) is 0 Å². The van der Waals surface area contributed by atoms with Gasteiger partial charge in [0.05, 0.1) is 7.11 Å². The smallest absolute Gasteiger partial charge is 0.169 e. The first kappa shape index (κ1) is 11.5. The highest BCUT2D eigenvalue weighted by atomic mass is 16.5. The standard InChI is InChI=1S/C15H16O3/c1-18-12-3-2-10-9-15(14(17)13(10)8-12)6-4-11(16)5-7-15/h2-3,8H,4-7,9H2,1H3. The van der Waals surface area contributed by atoms with Crippen LogP contribution in [0.5, 0.6) is 5.75 Å². The molecule has 0 radical (unpaired) electrons. The quantitative estimate of drug-likeness (QED) is 0.762. The second kappa shape index (κ2) is 3.94. The van der Waals surface area contributed by atoms with E-state index in [4.69, 9.17) is 4.74 Å². The molecular formula is C15H16O3. The van der Waals surface area contributed by atoms with E-state index in [0.717, 1.165) is 23.3 Å². The average Bonchev–Trinajstić information content (AvgIpc) is 2.66. The molecule has 1 aromatic rings. The van der Waals surface area contributed by atoms with Crippen LogP contribution in [0.3, 0.4) is 0 Å². The molecule has 3 heteroatoms. The normalized spacial score (nSPS) is 21.2. The van der Waals surface area contributed by atoms with Gasteiger partial charge >= 0.3 is 0 Å². The number of rotatable bonds is 1. The van der Waals surface area contributed by atoms with Gasteiger partial charge in [0, 0.05) is 23.8 Å². The monoisotopic (exact) mass is 244 g/mol. The van der Waals surface area contributed by atoms with E-state index < -0.39 is 0 Å². The minimum absolute atomic E-state index is 0.212. The molecule has 0 atom stereocenters. The number of ether oxygens (including phenoxy) is 1. The van der Waals surface area contributed by atoms with Crippen molar-refractivity contribution in [3.63, 3.8) is 0 Å². The minimum atomic E-state index is -0.303. The lowest BCUT2D eigenvalue weighted by atomic mass is 9.71. The molecule has 1 spiro atoms. The number of ketones is 2. The van der Waals surface area contributed by atoms with Gasteiger partial charge in [0.15, 0.2) is 5.78 Å². The van der Waals surface area contributed by atoms with Crippen molar-refractivity contribution < 1.29 is 14.3 Å². The molecule has 18 heavy (non-hydrogen) atoms. The molecule has 3 rings (SSSR count). The van der Waals surface area contributed by atoms with E-state index in [1.807, 2.05) is 18.2 Å². The first-order chi connectivity index (χ1) is 8.64. The fourth-order valence-electron chi connectivity index (χ4n) is 3.19. The fourth-order valence-corrected chi connectivity index (χ4v) is 3.19. The van der Waals surface area contributed by atoms with Crippen LogP contribution in [0.15, 0.2) is 18.2 Å². The maximum Gasteiger partial charge on any atom is 0.169 e. The number of methoxy groups -OCH3 is 1. The Labute approximate surface area is 106 Å². The van der Waals surface area contributed by atoms with Gasteiger partial charge < -0.3 is 4.74 Å². The summed E-state index contributed by atoms with van der Waals surface area (Å²) in [6.45, 7) is 0. The number of fused-ring (bicyclic) bond motifs is 1. The first-order valence-corrected chi connectivity index (χ1v) is 6.38. The third kappa shape index (κ3) is 1.57. The van der Waals surface area contributed by atoms with Gasteiger partial charge in [-0.25, -0.2) is 0 Å². The summed E-state index contributed by atoms with van der Waals surface area (Å²) < 4.78 is 5.17. The number of hydrogen-bond donors (Lipinski definition) is 0. The Morgan fingerprint density at radius 1 is 1.17 bits per heavy atom. The fraction of sp³-hybridized carbons (Fsp3) is 0.467. The average molecular weight is 244 g/mol. The molecule has 0 bridgehead atoms. The highest BCUT2D eigenvalue weighted by Crippen LogP contribution is 2.47. The number of carbonyl (C=O) groups excluding carboxylic acids is 2. The molecule has 0 heterocycles. The van der Waals surface area contributed by atoms with E-state index in [1.54, 1.807) is 7.11 Å². The maximum absolute atomic E-state index is 12.6. The van der Waals surface area contributed by atoms with E-state index in [1.165, 1.54) is 0 Å². The molecule has 0 unspecified atom stereocenters. The Balaban J connectivity index is 1.96. The molecule has 2 aliphatic carbocycles. The molecular weight excluding hydrogens is 228 g/mol. The van der Waals surface area contributed by atoms with Gasteiger partial charge in [-0.05, 0) is 37.0 Å². The molecule has 1 fully saturated rings. The van der Waals surface area contributed by atoms with Crippen LogP contribution in [0.25, 0.3) is 0 Å². The Bertz CT molecular complexity index is 521. The first-order valence-electron chi connectivity index (χ1n) is 6.38. The minimum Gasteiger partial charge on any atom is -0.497 e. The molecule has 0 saturated heterocycles. The Kier molecular flexibility index (Phi) is 2.51. The zero-order chi connectivity index (χ0) is 12.8. The lowest BCUT2D eigenvalue weighted by molar-refractivity contribution is -0.121. The zero-order valence-electron chi connectivity index (χ0n) is 10.5. The predicted octanol–water partition coefficient (Wildman–Crippen LogP) is 2.56. The summed E-state index contributed by atoms with van der Waals surface area (Å²) in [5.74, 6) is 1.23. The van der Waals surface area contributed by atoms with Crippen molar-refractivity contribution in [2.45, 2.75) is 32.1 Å². The summed E-state index contributed by atoms with van der Waals surface area (Å²) in [7, 11) is 1.61. The number of carbonyl (C=O) groups is 2. The maximum atomic E-state index is 12.6. The summed E-state index contributed by atoms with van der Waals surface area (Å²) in [6.07, 6.45) is 3.31. The van der Waals surface area contributed by atoms with Gasteiger partial charge in [0.25, 0.3) is 0 Å². The molecule has 0 amide bonds. The van der Waals surface area contributed by atoms with Gasteiger partial charge in [-0.1, -0.05) is 6.07 Å². The van der Waals surface area contributed by atoms with Crippen LogP contribution < -0.4 is 4.74 Å². The molecule has 1 saturated carbocycles. The molecule has 1 aromatic carbocycles. The van der Waals surface area contributed by atoms with Crippen molar-refractivity contribution in [2.75, 3.05) is 7.11 Å². The summed E-state index contributed by atoms with van der Waals surface area (Å²) >= 11 is 0. The van der Waals surface area contributed by atoms with E-state index >= 15 is 0 Å². The Hall–Kier alpha value is -1.64. The lowest BCUT2D eigenvalue weighted by Crippen LogP contribution is -2.33. The predicted molar refractivity (Wildman–Crippen MR) is 66.9 cm³/mol. The summed E-state index contributed by atoms with van der Waals surface area (Å²) in [4.78, 5) is 23.9. The number of hydrogen-bond acceptors (Lipinski definition) is 3. The van der Waals surface area contributed by atoms with Crippen molar-refractivity contribution in [2.24, 2.45) is 5.41 Å². The highest BCUT2D eigenvalue weighted by molar-refractivity contribution is 6.06. The van der Waals surface area contributed by atoms with Crippen LogP contribution in [0.1, 0.15) is 41.6 Å². The van der Waals surface area contributed by atoms with Crippen LogP contribution in [0.2, 0.25) is 0 Å². The lowest BCUT2D eigenvalue weighted by Gasteiger charge is -2.30. The van der Waals surface area contributed by atoms with Gasteiger partial charge in [0.2, 0.25) is 0 Å². The van der Waals surface area contributed by atoms with Crippen molar-refractivity contribution in [1.29, 1.82) is 0 Å². The van der Waals surface area contributed by atoms with Crippen LogP contribution in [-0.2, 0) is 11.2 Å². The van der Waals surface area contributed by atoms with E-state index in [0.29, 0.717) is 31.5 Å². The van der Waals surface area contributed by atoms with E-state index in [2.05, 4.69) is 0 Å². The van der Waals surface area contributed by atoms with Crippen LogP contribution >= 0.6 is 0 Å². The van der Waals surface area contributed by atoms with Gasteiger partial charge in [-0.2, -0.15) is 0 Å². The molecule has 3 nitrogen and oxygen atoms in total. The largest absolute Gasteiger partial charge is 0.497 e. The number of benzene rings is 1. The summed E-state index contributed by atoms with van der Waals surface area (Å²) in [5.41, 5.74) is 1.60. The van der Waals surface area contributed by atoms with Crippen molar-refractivity contribution >= 4 is 11.6 Å². The van der Waals surface area contributed by atoms with Crippen LogP contribution in [-0.4, -0.2) is 18.7 Å².